The Morgan fingerprint density at radius 3 is 2.89 bits per heavy atom. The Morgan fingerprint density at radius 1 is 1.32 bits per heavy atom. The lowest BCUT2D eigenvalue weighted by atomic mass is 10.0. The topological polar surface area (TPSA) is 58.4 Å². The summed E-state index contributed by atoms with van der Waals surface area (Å²) in [6.45, 7) is 4.02. The summed E-state index contributed by atoms with van der Waals surface area (Å²) in [6, 6.07) is 7.08. The summed E-state index contributed by atoms with van der Waals surface area (Å²) in [6.07, 6.45) is 3.66. The van der Waals surface area contributed by atoms with Crippen LogP contribution in [0.15, 0.2) is 18.2 Å². The van der Waals surface area contributed by atoms with Crippen molar-refractivity contribution in [2.45, 2.75) is 38.3 Å². The molecule has 3 rings (SSSR count). The molecular weight excluding hydrogens is 238 g/mol. The van der Waals surface area contributed by atoms with Gasteiger partial charge < -0.3 is 16.0 Å². The molecule has 102 valence electrons. The Hall–Kier alpha value is -1.55. The minimum Gasteiger partial charge on any atom is -0.369 e. The van der Waals surface area contributed by atoms with Crippen LogP contribution in [0.4, 0.5) is 5.69 Å². The molecule has 0 radical (unpaired) electrons. The monoisotopic (exact) mass is 259 g/mol. The highest BCUT2D eigenvalue weighted by molar-refractivity contribution is 5.98. The van der Waals surface area contributed by atoms with Gasteiger partial charge in [-0.05, 0) is 43.9 Å². The van der Waals surface area contributed by atoms with E-state index in [0.717, 1.165) is 25.2 Å². The number of aryl methyl sites for hydroxylation is 1. The van der Waals surface area contributed by atoms with Crippen molar-refractivity contribution < 1.29 is 4.79 Å². The third kappa shape index (κ3) is 2.45. The molecule has 2 saturated heterocycles. The molecular formula is C15H21N3O. The number of fused-ring (bicyclic) bond motifs is 2. The van der Waals surface area contributed by atoms with E-state index in [0.29, 0.717) is 17.6 Å². The number of nitrogens with zero attached hydrogens (tertiary/aromatic N) is 1. The first-order valence-corrected chi connectivity index (χ1v) is 7.05. The van der Waals surface area contributed by atoms with Gasteiger partial charge in [0.2, 0.25) is 0 Å². The first-order valence-electron chi connectivity index (χ1n) is 7.05. The van der Waals surface area contributed by atoms with Crippen LogP contribution in [0, 0.1) is 6.92 Å². The Kier molecular flexibility index (Phi) is 3.19. The molecule has 2 fully saturated rings. The van der Waals surface area contributed by atoms with Crippen molar-refractivity contribution in [3.05, 3.63) is 29.3 Å². The van der Waals surface area contributed by atoms with Crippen molar-refractivity contribution in [3.63, 3.8) is 0 Å². The van der Waals surface area contributed by atoms with Gasteiger partial charge in [-0.15, -0.1) is 0 Å². The number of carbonyl (C=O) groups is 1. The lowest BCUT2D eigenvalue weighted by Gasteiger charge is -2.28. The van der Waals surface area contributed by atoms with Gasteiger partial charge in [-0.1, -0.05) is 6.07 Å². The fourth-order valence-electron chi connectivity index (χ4n) is 3.27. The molecule has 0 aromatic heterocycles. The molecule has 19 heavy (non-hydrogen) atoms. The summed E-state index contributed by atoms with van der Waals surface area (Å²) in [5.41, 5.74) is 8.32. The number of benzene rings is 1. The van der Waals surface area contributed by atoms with Gasteiger partial charge in [-0.2, -0.15) is 0 Å². The molecule has 3 N–H and O–H groups in total. The average Bonchev–Trinajstić information content (AvgIpc) is 2.68. The number of amides is 1. The fourth-order valence-corrected chi connectivity index (χ4v) is 3.27. The Bertz CT molecular complexity index is 500. The van der Waals surface area contributed by atoms with Crippen LogP contribution in [0.1, 0.15) is 35.2 Å². The van der Waals surface area contributed by atoms with Crippen LogP contribution in [-0.4, -0.2) is 31.1 Å². The number of rotatable bonds is 2. The van der Waals surface area contributed by atoms with Crippen LogP contribution >= 0.6 is 0 Å². The molecule has 2 heterocycles. The summed E-state index contributed by atoms with van der Waals surface area (Å²) in [5, 5.41) is 3.66. The Morgan fingerprint density at radius 2 is 2.11 bits per heavy atom. The van der Waals surface area contributed by atoms with E-state index in [4.69, 9.17) is 5.73 Å². The third-order valence-corrected chi connectivity index (χ3v) is 4.28. The predicted octanol–water partition coefficient (Wildman–Crippen LogP) is 1.42. The molecule has 1 amide bonds. The predicted molar refractivity (Wildman–Crippen MR) is 76.5 cm³/mol. The lowest BCUT2D eigenvalue weighted by Crippen LogP contribution is -2.36. The van der Waals surface area contributed by atoms with Crippen molar-refractivity contribution >= 4 is 11.6 Å². The van der Waals surface area contributed by atoms with Gasteiger partial charge in [-0.3, -0.25) is 4.79 Å². The van der Waals surface area contributed by atoms with E-state index in [-0.39, 0.29) is 5.91 Å². The minimum atomic E-state index is -0.336. The fraction of sp³-hybridized carbons (Fsp3) is 0.533. The Balaban J connectivity index is 1.92. The highest BCUT2D eigenvalue weighted by Gasteiger charge is 2.30. The summed E-state index contributed by atoms with van der Waals surface area (Å²) >= 11 is 0. The SMILES string of the molecule is Cc1ccc(C(N)=O)c(N2CCC3CCC(C2)N3)c1. The zero-order valence-corrected chi connectivity index (χ0v) is 11.4. The van der Waals surface area contributed by atoms with E-state index in [2.05, 4.69) is 23.2 Å². The van der Waals surface area contributed by atoms with Crippen molar-refractivity contribution in [2.24, 2.45) is 5.73 Å². The van der Waals surface area contributed by atoms with E-state index in [1.54, 1.807) is 0 Å². The van der Waals surface area contributed by atoms with Crippen molar-refractivity contribution in [2.75, 3.05) is 18.0 Å². The number of hydrogen-bond donors (Lipinski definition) is 2. The molecule has 4 nitrogen and oxygen atoms in total. The maximum Gasteiger partial charge on any atom is 0.250 e. The number of primary amides is 1. The van der Waals surface area contributed by atoms with Gasteiger partial charge in [0.05, 0.1) is 5.56 Å². The molecule has 0 saturated carbocycles. The average molecular weight is 259 g/mol. The van der Waals surface area contributed by atoms with E-state index >= 15 is 0 Å². The second-order valence-corrected chi connectivity index (χ2v) is 5.76. The lowest BCUT2D eigenvalue weighted by molar-refractivity contribution is 0.100. The van der Waals surface area contributed by atoms with Crippen LogP contribution in [0.3, 0.4) is 0 Å². The summed E-state index contributed by atoms with van der Waals surface area (Å²) in [5.74, 6) is -0.336. The molecule has 4 heteroatoms. The second kappa shape index (κ2) is 4.85. The summed E-state index contributed by atoms with van der Waals surface area (Å²) in [4.78, 5) is 13.9. The summed E-state index contributed by atoms with van der Waals surface area (Å²) < 4.78 is 0. The van der Waals surface area contributed by atoms with Crippen LogP contribution < -0.4 is 16.0 Å². The van der Waals surface area contributed by atoms with Crippen molar-refractivity contribution in [1.82, 2.24) is 5.32 Å². The molecule has 2 aliphatic rings. The zero-order chi connectivity index (χ0) is 13.4. The van der Waals surface area contributed by atoms with E-state index in [1.807, 2.05) is 12.1 Å². The number of anilines is 1. The molecule has 1 aromatic carbocycles. The normalized spacial score (nSPS) is 26.3. The van der Waals surface area contributed by atoms with Gasteiger partial charge in [0.25, 0.3) is 5.91 Å². The van der Waals surface area contributed by atoms with Gasteiger partial charge in [0.1, 0.15) is 0 Å². The van der Waals surface area contributed by atoms with E-state index in [1.165, 1.54) is 18.4 Å². The maximum atomic E-state index is 11.6. The summed E-state index contributed by atoms with van der Waals surface area (Å²) in [7, 11) is 0. The zero-order valence-electron chi connectivity index (χ0n) is 11.4. The Labute approximate surface area is 114 Å². The van der Waals surface area contributed by atoms with Crippen molar-refractivity contribution in [3.8, 4) is 0 Å². The van der Waals surface area contributed by atoms with E-state index in [9.17, 15) is 4.79 Å². The molecule has 2 atom stereocenters. The number of nitrogens with one attached hydrogen (secondary N) is 1. The molecule has 2 unspecified atom stereocenters. The molecule has 2 bridgehead atoms. The maximum absolute atomic E-state index is 11.6. The highest BCUT2D eigenvalue weighted by Crippen LogP contribution is 2.27. The molecule has 0 spiro atoms. The van der Waals surface area contributed by atoms with Crippen molar-refractivity contribution in [1.29, 1.82) is 0 Å². The van der Waals surface area contributed by atoms with Gasteiger partial charge in [-0.25, -0.2) is 0 Å². The number of hydrogen-bond acceptors (Lipinski definition) is 3. The van der Waals surface area contributed by atoms with Gasteiger partial charge in [0, 0.05) is 30.9 Å². The number of carbonyl (C=O) groups excluding carboxylic acids is 1. The smallest absolute Gasteiger partial charge is 0.250 e. The van der Waals surface area contributed by atoms with Crippen LogP contribution in [0.2, 0.25) is 0 Å². The van der Waals surface area contributed by atoms with Crippen LogP contribution in [-0.2, 0) is 0 Å². The largest absolute Gasteiger partial charge is 0.369 e. The molecule has 1 aromatic rings. The minimum absolute atomic E-state index is 0.336. The number of nitrogens with two attached hydrogens (primary N) is 1. The first kappa shape index (κ1) is 12.5. The quantitative estimate of drug-likeness (QED) is 0.844. The standard InChI is InChI=1S/C15H21N3O/c1-10-2-5-13(15(16)19)14(8-10)18-7-6-11-3-4-12(9-18)17-11/h2,5,8,11-12,17H,3-4,6-7,9H2,1H3,(H2,16,19). The highest BCUT2D eigenvalue weighted by atomic mass is 16.1. The molecule has 0 aliphatic carbocycles. The van der Waals surface area contributed by atoms with Crippen LogP contribution in [0.25, 0.3) is 0 Å². The third-order valence-electron chi connectivity index (χ3n) is 4.28. The van der Waals surface area contributed by atoms with Crippen LogP contribution in [0.5, 0.6) is 0 Å². The molecule has 2 aliphatic heterocycles. The second-order valence-electron chi connectivity index (χ2n) is 5.76. The van der Waals surface area contributed by atoms with Gasteiger partial charge >= 0.3 is 0 Å². The first-order chi connectivity index (χ1) is 9.13. The van der Waals surface area contributed by atoms with Gasteiger partial charge in [0.15, 0.2) is 0 Å². The van der Waals surface area contributed by atoms with E-state index < -0.39 is 0 Å².